The summed E-state index contributed by atoms with van der Waals surface area (Å²) >= 11 is 1.34. The Kier molecular flexibility index (Phi) is 3.03. The molecule has 0 unspecified atom stereocenters. The van der Waals surface area contributed by atoms with Crippen molar-refractivity contribution in [2.75, 3.05) is 0 Å². The second kappa shape index (κ2) is 4.71. The smallest absolute Gasteiger partial charge is 0.150 e. The lowest BCUT2D eigenvalue weighted by molar-refractivity contribution is -0.119. The molecule has 1 aromatic heterocycles. The highest BCUT2D eigenvalue weighted by Crippen LogP contribution is 2.48. The van der Waals surface area contributed by atoms with E-state index in [1.807, 2.05) is 12.1 Å². The van der Waals surface area contributed by atoms with Crippen LogP contribution in [0.1, 0.15) is 24.3 Å². The Morgan fingerprint density at radius 1 is 1.53 bits per heavy atom. The molecule has 0 saturated heterocycles. The van der Waals surface area contributed by atoms with Crippen molar-refractivity contribution in [2.24, 2.45) is 11.7 Å². The van der Waals surface area contributed by atoms with Gasteiger partial charge in [0.2, 0.25) is 0 Å². The van der Waals surface area contributed by atoms with Gasteiger partial charge in [-0.15, -0.1) is 0 Å². The summed E-state index contributed by atoms with van der Waals surface area (Å²) in [5.41, 5.74) is 7.32. The van der Waals surface area contributed by atoms with Gasteiger partial charge in [-0.2, -0.15) is 5.26 Å². The second-order valence-electron chi connectivity index (χ2n) is 4.87. The lowest BCUT2D eigenvalue weighted by Crippen LogP contribution is -2.24. The zero-order valence-electron chi connectivity index (χ0n) is 10.2. The first-order chi connectivity index (χ1) is 9.22. The summed E-state index contributed by atoms with van der Waals surface area (Å²) in [7, 11) is 0. The van der Waals surface area contributed by atoms with Gasteiger partial charge in [0.25, 0.3) is 0 Å². The number of hydrogen-bond acceptors (Lipinski definition) is 5. The van der Waals surface area contributed by atoms with E-state index in [4.69, 9.17) is 5.73 Å². The highest BCUT2D eigenvalue weighted by Gasteiger charge is 2.45. The van der Waals surface area contributed by atoms with Gasteiger partial charge in [-0.25, -0.2) is 0 Å². The van der Waals surface area contributed by atoms with Gasteiger partial charge in [-0.1, -0.05) is 17.8 Å². The molecule has 0 spiro atoms. The molecule has 1 fully saturated rings. The number of nitrogens with zero attached hydrogens (tertiary/aromatic N) is 2. The van der Waals surface area contributed by atoms with Crippen molar-refractivity contribution in [1.82, 2.24) is 4.98 Å². The maximum atomic E-state index is 12.4. The van der Waals surface area contributed by atoms with Gasteiger partial charge < -0.3 is 5.73 Å². The van der Waals surface area contributed by atoms with E-state index < -0.39 is 0 Å². The largest absolute Gasteiger partial charge is 0.393 e. The third kappa shape index (κ3) is 2.13. The van der Waals surface area contributed by atoms with Gasteiger partial charge in [0.15, 0.2) is 0 Å². The lowest BCUT2D eigenvalue weighted by Gasteiger charge is -2.18. The van der Waals surface area contributed by atoms with Crippen molar-refractivity contribution in [3.05, 3.63) is 40.7 Å². The minimum Gasteiger partial charge on any atom is -0.393 e. The molecule has 1 aromatic rings. The van der Waals surface area contributed by atoms with Crippen LogP contribution >= 0.6 is 11.8 Å². The fourth-order valence-corrected chi connectivity index (χ4v) is 3.73. The van der Waals surface area contributed by atoms with Crippen molar-refractivity contribution < 1.29 is 4.79 Å². The molecule has 0 radical (unpaired) electrons. The zero-order chi connectivity index (χ0) is 13.4. The first-order valence-corrected chi connectivity index (χ1v) is 7.10. The predicted octanol–water partition coefficient (Wildman–Crippen LogP) is 1.95. The Labute approximate surface area is 115 Å². The molecule has 4 nitrogen and oxygen atoms in total. The predicted molar refractivity (Wildman–Crippen MR) is 72.9 cm³/mol. The Morgan fingerprint density at radius 2 is 2.32 bits per heavy atom. The number of nitrogens with two attached hydrogens (primary N) is 1. The van der Waals surface area contributed by atoms with Crippen LogP contribution in [0.3, 0.4) is 0 Å². The number of thioether (sulfide) groups is 1. The van der Waals surface area contributed by atoms with Crippen LogP contribution in [0.25, 0.3) is 0 Å². The minimum atomic E-state index is -0.258. The van der Waals surface area contributed by atoms with E-state index >= 15 is 0 Å². The van der Waals surface area contributed by atoms with Gasteiger partial charge in [0, 0.05) is 24.2 Å². The normalized spacial score (nSPS) is 26.3. The summed E-state index contributed by atoms with van der Waals surface area (Å²) in [4.78, 5) is 16.4. The fraction of sp³-hybridized carbons (Fsp3) is 0.357. The van der Waals surface area contributed by atoms with E-state index in [-0.39, 0.29) is 22.9 Å². The van der Waals surface area contributed by atoms with Crippen molar-refractivity contribution in [3.63, 3.8) is 0 Å². The molecule has 19 heavy (non-hydrogen) atoms. The molecule has 2 heterocycles. The molecule has 1 aliphatic carbocycles. The van der Waals surface area contributed by atoms with Crippen molar-refractivity contribution in [3.8, 4) is 6.07 Å². The number of hydrogen-bond donors (Lipinski definition) is 1. The molecule has 2 N–H and O–H groups in total. The summed E-state index contributed by atoms with van der Waals surface area (Å²) in [6.45, 7) is 0. The van der Waals surface area contributed by atoms with Crippen molar-refractivity contribution >= 4 is 17.5 Å². The van der Waals surface area contributed by atoms with E-state index in [0.29, 0.717) is 10.6 Å². The third-order valence-electron chi connectivity index (χ3n) is 3.56. The van der Waals surface area contributed by atoms with E-state index in [9.17, 15) is 10.1 Å². The zero-order valence-corrected chi connectivity index (χ0v) is 11.1. The van der Waals surface area contributed by atoms with Crippen molar-refractivity contribution in [1.29, 1.82) is 5.26 Å². The van der Waals surface area contributed by atoms with Crippen LogP contribution in [0.2, 0.25) is 0 Å². The summed E-state index contributed by atoms with van der Waals surface area (Å²) in [5, 5.41) is 9.51. The van der Waals surface area contributed by atoms with Gasteiger partial charge in [-0.3, -0.25) is 9.78 Å². The molecule has 96 valence electrons. The molecule has 2 aliphatic rings. The number of rotatable bonds is 3. The van der Waals surface area contributed by atoms with E-state index in [1.165, 1.54) is 11.8 Å². The summed E-state index contributed by atoms with van der Waals surface area (Å²) < 4.78 is 0. The average molecular weight is 271 g/mol. The molecule has 1 aliphatic heterocycles. The molecule has 0 bridgehead atoms. The van der Waals surface area contributed by atoms with Crippen LogP contribution < -0.4 is 5.73 Å². The Hall–Kier alpha value is -1.80. The van der Waals surface area contributed by atoms with Gasteiger partial charge in [0.05, 0.1) is 21.9 Å². The van der Waals surface area contributed by atoms with Gasteiger partial charge in [-0.05, 0) is 24.5 Å². The van der Waals surface area contributed by atoms with Crippen LogP contribution in [0, 0.1) is 17.2 Å². The van der Waals surface area contributed by atoms with Gasteiger partial charge >= 0.3 is 0 Å². The number of ketones is 1. The maximum absolute atomic E-state index is 12.4. The van der Waals surface area contributed by atoms with E-state index in [1.54, 1.807) is 12.4 Å². The number of pyridine rings is 1. The molecule has 5 heteroatoms. The first kappa shape index (κ1) is 12.2. The maximum Gasteiger partial charge on any atom is 0.150 e. The molecular formula is C14H13N3OS. The third-order valence-corrected chi connectivity index (χ3v) is 4.79. The number of nitriles is 1. The van der Waals surface area contributed by atoms with Crippen LogP contribution in [0.5, 0.6) is 0 Å². The fourth-order valence-electron chi connectivity index (χ4n) is 2.42. The first-order valence-electron chi connectivity index (χ1n) is 6.22. The number of carbonyl (C=O) groups excluding carboxylic acids is 1. The number of allylic oxidation sites excluding steroid dienone is 1. The quantitative estimate of drug-likeness (QED) is 0.909. The highest BCUT2D eigenvalue weighted by atomic mass is 32.2. The summed E-state index contributed by atoms with van der Waals surface area (Å²) in [5.74, 6) is 0.159. The van der Waals surface area contributed by atoms with Crippen molar-refractivity contribution in [2.45, 2.75) is 24.0 Å². The highest BCUT2D eigenvalue weighted by molar-refractivity contribution is 8.04. The molecule has 2 atom stereocenters. The van der Waals surface area contributed by atoms with Crippen LogP contribution in [-0.4, -0.2) is 16.0 Å². The van der Waals surface area contributed by atoms with Crippen LogP contribution in [-0.2, 0) is 4.79 Å². The van der Waals surface area contributed by atoms with Crippen LogP contribution in [0.4, 0.5) is 0 Å². The second-order valence-corrected chi connectivity index (χ2v) is 6.05. The average Bonchev–Trinajstić information content (AvgIpc) is 3.22. The molecule has 0 aromatic carbocycles. The summed E-state index contributed by atoms with van der Waals surface area (Å²) in [6.07, 6.45) is 5.34. The van der Waals surface area contributed by atoms with Crippen LogP contribution in [0.15, 0.2) is 35.1 Å². The van der Waals surface area contributed by atoms with E-state index in [2.05, 4.69) is 11.1 Å². The molecule has 3 rings (SSSR count). The Bertz CT molecular complexity index is 586. The lowest BCUT2D eigenvalue weighted by atomic mass is 9.87. The molecule has 0 amide bonds. The Morgan fingerprint density at radius 3 is 2.89 bits per heavy atom. The topological polar surface area (TPSA) is 79.8 Å². The monoisotopic (exact) mass is 271 g/mol. The SMILES string of the molecule is N#CC1=C(N)S[C@H](C(=O)C2CC2)[C@H]1c1cccnc1. The van der Waals surface area contributed by atoms with Gasteiger partial charge in [0.1, 0.15) is 5.78 Å². The number of Topliss-reactive ketones (excluding diaryl/α,β-unsaturated/α-hetero) is 1. The minimum absolute atomic E-state index is 0.169. The Balaban J connectivity index is 1.99. The van der Waals surface area contributed by atoms with E-state index in [0.717, 1.165) is 18.4 Å². The summed E-state index contributed by atoms with van der Waals surface area (Å²) in [6, 6.07) is 5.89. The molecule has 1 saturated carbocycles. The molecular weight excluding hydrogens is 258 g/mol. The number of carbonyl (C=O) groups is 1. The standard InChI is InChI=1S/C14H13N3OS/c15-6-10-11(9-2-1-5-17-7-9)13(19-14(10)16)12(18)8-3-4-8/h1-2,5,7-8,11,13H,3-4,16H2/t11-,13-/m0/s1. The number of aromatic nitrogens is 1.